The van der Waals surface area contributed by atoms with Crippen molar-refractivity contribution in [3.63, 3.8) is 0 Å². The van der Waals surface area contributed by atoms with Crippen LogP contribution in [0.15, 0.2) is 84.0 Å². The summed E-state index contributed by atoms with van der Waals surface area (Å²) in [5, 5.41) is 13.4. The molecule has 0 aliphatic carbocycles. The average Bonchev–Trinajstić information content (AvgIpc) is 2.67. The number of aromatic hydroxyl groups is 1. The van der Waals surface area contributed by atoms with Crippen molar-refractivity contribution in [2.24, 2.45) is 5.10 Å². The van der Waals surface area contributed by atoms with E-state index in [4.69, 9.17) is 0 Å². The van der Waals surface area contributed by atoms with E-state index in [1.54, 1.807) is 12.1 Å². The second-order valence-corrected chi connectivity index (χ2v) is 5.63. The number of carbonyl (C=O) groups excluding carboxylic acids is 1. The van der Waals surface area contributed by atoms with E-state index in [0.717, 1.165) is 16.7 Å². The van der Waals surface area contributed by atoms with E-state index in [-0.39, 0.29) is 11.7 Å². The van der Waals surface area contributed by atoms with Crippen molar-refractivity contribution >= 4 is 11.6 Å². The maximum absolute atomic E-state index is 12.0. The zero-order valence-corrected chi connectivity index (χ0v) is 13.8. The van der Waals surface area contributed by atoms with Crippen molar-refractivity contribution < 1.29 is 9.90 Å². The zero-order chi connectivity index (χ0) is 17.6. The van der Waals surface area contributed by atoms with Crippen LogP contribution in [-0.4, -0.2) is 16.7 Å². The lowest BCUT2D eigenvalue weighted by Crippen LogP contribution is -2.19. The molecule has 0 fully saturated rings. The maximum atomic E-state index is 12.0. The van der Waals surface area contributed by atoms with Crippen LogP contribution < -0.4 is 5.43 Å². The highest BCUT2D eigenvalue weighted by atomic mass is 16.3. The highest BCUT2D eigenvalue weighted by molar-refractivity contribution is 6.01. The molecule has 0 saturated carbocycles. The Morgan fingerprint density at radius 2 is 1.36 bits per heavy atom. The highest BCUT2D eigenvalue weighted by Crippen LogP contribution is 2.19. The number of carbonyl (C=O) groups is 1. The molecule has 1 amide bonds. The van der Waals surface area contributed by atoms with Crippen molar-refractivity contribution in [1.82, 2.24) is 5.43 Å². The lowest BCUT2D eigenvalue weighted by atomic mass is 10.0. The molecule has 3 aromatic rings. The number of hydrogen-bond acceptors (Lipinski definition) is 3. The third kappa shape index (κ3) is 4.12. The van der Waals surface area contributed by atoms with E-state index in [9.17, 15) is 9.90 Å². The number of benzene rings is 3. The molecule has 4 nitrogen and oxygen atoms in total. The van der Waals surface area contributed by atoms with Gasteiger partial charge in [0.05, 0.1) is 5.71 Å². The third-order valence-corrected chi connectivity index (χ3v) is 3.86. The minimum atomic E-state index is -0.319. The summed E-state index contributed by atoms with van der Waals surface area (Å²) in [6, 6.07) is 24.2. The van der Waals surface area contributed by atoms with Crippen LogP contribution in [0.25, 0.3) is 11.1 Å². The molecule has 0 aliphatic heterocycles. The van der Waals surface area contributed by atoms with Gasteiger partial charge in [0.15, 0.2) is 0 Å². The smallest absolute Gasteiger partial charge is 0.271 e. The first kappa shape index (κ1) is 16.5. The first-order chi connectivity index (χ1) is 12.1. The highest BCUT2D eigenvalue weighted by Gasteiger charge is 2.05. The number of nitrogens with one attached hydrogen (secondary N) is 1. The standard InChI is InChI=1S/C21H18N2O2/c1-15(22-23-21(25)19-11-13-20(24)14-12-19)16-7-9-18(10-8-16)17-5-3-2-4-6-17/h2-14,24H,1H3,(H,23,25)/b22-15-. The minimum absolute atomic E-state index is 0.120. The summed E-state index contributed by atoms with van der Waals surface area (Å²) in [4.78, 5) is 12.0. The Hall–Kier alpha value is -3.40. The quantitative estimate of drug-likeness (QED) is 0.556. The Kier molecular flexibility index (Phi) is 4.90. The van der Waals surface area contributed by atoms with Crippen LogP contribution in [-0.2, 0) is 0 Å². The number of amides is 1. The predicted octanol–water partition coefficient (Wildman–Crippen LogP) is 4.21. The topological polar surface area (TPSA) is 61.7 Å². The van der Waals surface area contributed by atoms with Crippen LogP contribution in [0.4, 0.5) is 0 Å². The molecule has 2 N–H and O–H groups in total. The van der Waals surface area contributed by atoms with Crippen LogP contribution in [0.5, 0.6) is 5.75 Å². The lowest BCUT2D eigenvalue weighted by Gasteiger charge is -2.05. The molecule has 4 heteroatoms. The van der Waals surface area contributed by atoms with Crippen LogP contribution >= 0.6 is 0 Å². The molecule has 0 bridgehead atoms. The van der Waals surface area contributed by atoms with Crippen LogP contribution in [0.2, 0.25) is 0 Å². The van der Waals surface area contributed by atoms with Gasteiger partial charge in [-0.2, -0.15) is 5.10 Å². The van der Waals surface area contributed by atoms with Gasteiger partial charge in [0.25, 0.3) is 5.91 Å². The average molecular weight is 330 g/mol. The molecule has 25 heavy (non-hydrogen) atoms. The summed E-state index contributed by atoms with van der Waals surface area (Å²) >= 11 is 0. The fraction of sp³-hybridized carbons (Fsp3) is 0.0476. The van der Waals surface area contributed by atoms with E-state index in [0.29, 0.717) is 11.3 Å². The minimum Gasteiger partial charge on any atom is -0.508 e. The molecule has 0 heterocycles. The number of phenols is 1. The van der Waals surface area contributed by atoms with Gasteiger partial charge in [-0.15, -0.1) is 0 Å². The van der Waals surface area contributed by atoms with E-state index >= 15 is 0 Å². The van der Waals surface area contributed by atoms with Crippen molar-refractivity contribution in [2.45, 2.75) is 6.92 Å². The number of rotatable bonds is 4. The van der Waals surface area contributed by atoms with Crippen LogP contribution in [0, 0.1) is 0 Å². The summed E-state index contributed by atoms with van der Waals surface area (Å²) in [5.74, 6) is -0.199. The molecule has 0 saturated heterocycles. The fourth-order valence-electron chi connectivity index (χ4n) is 2.41. The molecule has 0 atom stereocenters. The molecular formula is C21H18N2O2. The molecule has 3 rings (SSSR count). The summed E-state index contributed by atoms with van der Waals surface area (Å²) in [6.07, 6.45) is 0. The second kappa shape index (κ2) is 7.45. The summed E-state index contributed by atoms with van der Waals surface area (Å²) in [6.45, 7) is 1.84. The van der Waals surface area contributed by atoms with Gasteiger partial charge < -0.3 is 5.11 Å². The third-order valence-electron chi connectivity index (χ3n) is 3.86. The molecule has 0 aliphatic rings. The van der Waals surface area contributed by atoms with E-state index in [2.05, 4.69) is 22.7 Å². The number of phenolic OH excluding ortho intramolecular Hbond substituents is 1. The zero-order valence-electron chi connectivity index (χ0n) is 13.8. The fourth-order valence-corrected chi connectivity index (χ4v) is 2.41. The summed E-state index contributed by atoms with van der Waals surface area (Å²) in [5.41, 5.74) is 6.91. The van der Waals surface area contributed by atoms with Crippen molar-refractivity contribution in [2.75, 3.05) is 0 Å². The lowest BCUT2D eigenvalue weighted by molar-refractivity contribution is 0.0955. The van der Waals surface area contributed by atoms with E-state index in [1.807, 2.05) is 49.4 Å². The second-order valence-electron chi connectivity index (χ2n) is 5.63. The van der Waals surface area contributed by atoms with E-state index in [1.165, 1.54) is 12.1 Å². The summed E-state index contributed by atoms with van der Waals surface area (Å²) < 4.78 is 0. The molecule has 0 radical (unpaired) electrons. The van der Waals surface area contributed by atoms with Gasteiger partial charge in [0, 0.05) is 5.56 Å². The Labute approximate surface area is 146 Å². The van der Waals surface area contributed by atoms with Crippen LogP contribution in [0.1, 0.15) is 22.8 Å². The predicted molar refractivity (Wildman–Crippen MR) is 99.7 cm³/mol. The van der Waals surface area contributed by atoms with Gasteiger partial charge in [-0.1, -0.05) is 54.6 Å². The number of nitrogens with zero attached hydrogens (tertiary/aromatic N) is 1. The Morgan fingerprint density at radius 1 is 0.800 bits per heavy atom. The van der Waals surface area contributed by atoms with Crippen molar-refractivity contribution in [1.29, 1.82) is 0 Å². The Bertz CT molecular complexity index is 883. The molecule has 3 aromatic carbocycles. The number of hydrazone groups is 1. The van der Waals surface area contributed by atoms with Gasteiger partial charge in [-0.25, -0.2) is 5.43 Å². The van der Waals surface area contributed by atoms with E-state index < -0.39 is 0 Å². The van der Waals surface area contributed by atoms with Gasteiger partial charge in [-0.3, -0.25) is 4.79 Å². The molecule has 0 unspecified atom stereocenters. The Balaban J connectivity index is 1.70. The first-order valence-corrected chi connectivity index (χ1v) is 7.93. The van der Waals surface area contributed by atoms with Gasteiger partial charge >= 0.3 is 0 Å². The summed E-state index contributed by atoms with van der Waals surface area (Å²) in [7, 11) is 0. The molecule has 0 aromatic heterocycles. The van der Waals surface area contributed by atoms with Gasteiger partial charge in [0.1, 0.15) is 5.75 Å². The SMILES string of the molecule is C/C(=N/NC(=O)c1ccc(O)cc1)c1ccc(-c2ccccc2)cc1. The monoisotopic (exact) mass is 330 g/mol. The maximum Gasteiger partial charge on any atom is 0.271 e. The molecular weight excluding hydrogens is 312 g/mol. The van der Waals surface area contributed by atoms with Crippen LogP contribution in [0.3, 0.4) is 0 Å². The largest absolute Gasteiger partial charge is 0.508 e. The molecule has 0 spiro atoms. The van der Waals surface area contributed by atoms with Gasteiger partial charge in [-0.05, 0) is 47.9 Å². The van der Waals surface area contributed by atoms with Gasteiger partial charge in [0.2, 0.25) is 0 Å². The van der Waals surface area contributed by atoms with Crippen molar-refractivity contribution in [3.8, 4) is 16.9 Å². The number of hydrogen-bond donors (Lipinski definition) is 2. The molecule has 124 valence electrons. The normalized spacial score (nSPS) is 11.2. The van der Waals surface area contributed by atoms with Crippen molar-refractivity contribution in [3.05, 3.63) is 90.0 Å². The Morgan fingerprint density at radius 3 is 2.00 bits per heavy atom. The first-order valence-electron chi connectivity index (χ1n) is 7.93.